The molecule has 0 unspecified atom stereocenters. The van der Waals surface area contributed by atoms with E-state index in [0.717, 1.165) is 10.7 Å². The van der Waals surface area contributed by atoms with Gasteiger partial charge in [-0.05, 0) is 49.4 Å². The van der Waals surface area contributed by atoms with Gasteiger partial charge in [-0.2, -0.15) is 5.10 Å². The lowest BCUT2D eigenvalue weighted by Crippen LogP contribution is -2.31. The number of amides is 2. The molecule has 3 aromatic rings. The van der Waals surface area contributed by atoms with Gasteiger partial charge in [0.15, 0.2) is 0 Å². The molecule has 10 nitrogen and oxygen atoms in total. The summed E-state index contributed by atoms with van der Waals surface area (Å²) in [6, 6.07) is 15.4. The van der Waals surface area contributed by atoms with Crippen LogP contribution in [0.15, 0.2) is 65.5 Å². The summed E-state index contributed by atoms with van der Waals surface area (Å²) in [7, 11) is 1.53. The number of hydrogen-bond donors (Lipinski definition) is 2. The van der Waals surface area contributed by atoms with E-state index in [2.05, 4.69) is 15.7 Å². The molecule has 0 aliphatic heterocycles. The lowest BCUT2D eigenvalue weighted by molar-refractivity contribution is -0.117. The highest BCUT2D eigenvalue weighted by Gasteiger charge is 2.16. The van der Waals surface area contributed by atoms with E-state index in [9.17, 15) is 19.2 Å². The smallest absolute Gasteiger partial charge is 0.340 e. The van der Waals surface area contributed by atoms with E-state index in [1.807, 2.05) is 0 Å². The molecular formula is C23H22N4O6. The Labute approximate surface area is 189 Å². The third kappa shape index (κ3) is 6.03. The van der Waals surface area contributed by atoms with Crippen LogP contribution in [-0.2, 0) is 16.1 Å². The second-order valence-electron chi connectivity index (χ2n) is 6.71. The van der Waals surface area contributed by atoms with E-state index in [-0.39, 0.29) is 23.6 Å². The topological polar surface area (TPSA) is 129 Å². The molecule has 2 amide bonds. The fraction of sp³-hybridized carbons (Fsp3) is 0.174. The van der Waals surface area contributed by atoms with Crippen LogP contribution >= 0.6 is 0 Å². The number of methoxy groups -OCH3 is 1. The van der Waals surface area contributed by atoms with E-state index in [1.54, 1.807) is 49.4 Å². The number of anilines is 2. The molecule has 0 saturated carbocycles. The predicted molar refractivity (Wildman–Crippen MR) is 120 cm³/mol. The Morgan fingerprint density at radius 2 is 1.70 bits per heavy atom. The summed E-state index contributed by atoms with van der Waals surface area (Å²) in [5.41, 5.74) is 0.312. The van der Waals surface area contributed by atoms with Gasteiger partial charge in [-0.1, -0.05) is 12.1 Å². The normalized spacial score (nSPS) is 10.2. The molecule has 0 aliphatic carbocycles. The Kier molecular flexibility index (Phi) is 7.53. The summed E-state index contributed by atoms with van der Waals surface area (Å²) in [6.07, 6.45) is 0. The minimum Gasteiger partial charge on any atom is -0.497 e. The van der Waals surface area contributed by atoms with Crippen LogP contribution in [0.2, 0.25) is 0 Å². The van der Waals surface area contributed by atoms with E-state index < -0.39 is 29.9 Å². The van der Waals surface area contributed by atoms with Crippen LogP contribution in [0.5, 0.6) is 5.75 Å². The van der Waals surface area contributed by atoms with Gasteiger partial charge in [-0.25, -0.2) is 9.48 Å². The molecule has 0 spiro atoms. The number of ether oxygens (including phenoxy) is 2. The van der Waals surface area contributed by atoms with E-state index in [0.29, 0.717) is 11.4 Å². The quantitative estimate of drug-likeness (QED) is 0.504. The summed E-state index contributed by atoms with van der Waals surface area (Å²) in [5.74, 6) is -1.10. The van der Waals surface area contributed by atoms with Crippen LogP contribution < -0.4 is 20.9 Å². The van der Waals surface area contributed by atoms with E-state index in [1.165, 1.54) is 19.2 Å². The first kappa shape index (κ1) is 23.2. The van der Waals surface area contributed by atoms with Crippen LogP contribution in [0.25, 0.3) is 0 Å². The zero-order valence-corrected chi connectivity index (χ0v) is 18.0. The van der Waals surface area contributed by atoms with Gasteiger partial charge in [0.1, 0.15) is 18.0 Å². The second kappa shape index (κ2) is 10.7. The van der Waals surface area contributed by atoms with Gasteiger partial charge in [0.2, 0.25) is 5.91 Å². The minimum absolute atomic E-state index is 0.0508. The number of rotatable bonds is 8. The minimum atomic E-state index is -0.603. The van der Waals surface area contributed by atoms with Crippen molar-refractivity contribution in [3.05, 3.63) is 82.3 Å². The molecule has 33 heavy (non-hydrogen) atoms. The summed E-state index contributed by atoms with van der Waals surface area (Å²) in [4.78, 5) is 49.3. The molecule has 0 saturated heterocycles. The number of esters is 1. The third-order valence-corrected chi connectivity index (χ3v) is 4.44. The molecular weight excluding hydrogens is 428 g/mol. The molecule has 0 atom stereocenters. The van der Waals surface area contributed by atoms with Crippen molar-refractivity contribution in [3.63, 3.8) is 0 Å². The van der Waals surface area contributed by atoms with Crippen LogP contribution in [0.4, 0.5) is 11.4 Å². The molecule has 170 valence electrons. The zero-order chi connectivity index (χ0) is 23.8. The fourth-order valence-corrected chi connectivity index (χ4v) is 2.86. The van der Waals surface area contributed by atoms with Crippen molar-refractivity contribution in [3.8, 4) is 5.75 Å². The standard InChI is InChI=1S/C23H22N4O6/c1-3-33-23(31)17-6-4-5-7-18(17)25-20(28)14-27-21(29)13-12-19(26-27)22(30)24-15-8-10-16(32-2)11-9-15/h4-13H,3,14H2,1-2H3,(H,24,30)(H,25,28). The molecule has 2 aromatic carbocycles. The predicted octanol–water partition coefficient (Wildman–Crippen LogP) is 2.32. The monoisotopic (exact) mass is 450 g/mol. The Bertz CT molecular complexity index is 1220. The van der Waals surface area contributed by atoms with Crippen molar-refractivity contribution in [1.82, 2.24) is 9.78 Å². The SMILES string of the molecule is CCOC(=O)c1ccccc1NC(=O)Cn1nc(C(=O)Nc2ccc(OC)cc2)ccc1=O. The summed E-state index contributed by atoms with van der Waals surface area (Å²) < 4.78 is 10.9. The Balaban J connectivity index is 1.72. The molecule has 0 aliphatic rings. The van der Waals surface area contributed by atoms with Gasteiger partial charge >= 0.3 is 5.97 Å². The molecule has 1 aromatic heterocycles. The molecule has 3 rings (SSSR count). The van der Waals surface area contributed by atoms with Crippen LogP contribution in [0, 0.1) is 0 Å². The second-order valence-corrected chi connectivity index (χ2v) is 6.71. The average molecular weight is 450 g/mol. The maximum atomic E-state index is 12.5. The first-order chi connectivity index (χ1) is 15.9. The van der Waals surface area contributed by atoms with Gasteiger partial charge in [0, 0.05) is 11.8 Å². The zero-order valence-electron chi connectivity index (χ0n) is 18.0. The van der Waals surface area contributed by atoms with Gasteiger partial charge < -0.3 is 20.1 Å². The maximum absolute atomic E-state index is 12.5. The van der Waals surface area contributed by atoms with Gasteiger partial charge in [-0.15, -0.1) is 0 Å². The number of para-hydroxylation sites is 1. The van der Waals surface area contributed by atoms with Crippen molar-refractivity contribution in [1.29, 1.82) is 0 Å². The van der Waals surface area contributed by atoms with Crippen molar-refractivity contribution in [2.24, 2.45) is 0 Å². The van der Waals surface area contributed by atoms with Crippen molar-refractivity contribution in [2.75, 3.05) is 24.4 Å². The number of carbonyl (C=O) groups is 3. The third-order valence-electron chi connectivity index (χ3n) is 4.44. The first-order valence-electron chi connectivity index (χ1n) is 10.0. The molecule has 0 bridgehead atoms. The highest BCUT2D eigenvalue weighted by molar-refractivity contribution is 6.03. The fourth-order valence-electron chi connectivity index (χ4n) is 2.86. The molecule has 10 heteroatoms. The Morgan fingerprint density at radius 3 is 2.39 bits per heavy atom. The number of aromatic nitrogens is 2. The van der Waals surface area contributed by atoms with Crippen LogP contribution in [-0.4, -0.2) is 41.3 Å². The summed E-state index contributed by atoms with van der Waals surface area (Å²) >= 11 is 0. The maximum Gasteiger partial charge on any atom is 0.340 e. The lowest BCUT2D eigenvalue weighted by atomic mass is 10.2. The summed E-state index contributed by atoms with van der Waals surface area (Å²) in [6.45, 7) is 1.40. The first-order valence-corrected chi connectivity index (χ1v) is 10.0. The molecule has 2 N–H and O–H groups in total. The highest BCUT2D eigenvalue weighted by atomic mass is 16.5. The summed E-state index contributed by atoms with van der Waals surface area (Å²) in [5, 5.41) is 9.22. The number of nitrogens with zero attached hydrogens (tertiary/aromatic N) is 2. The highest BCUT2D eigenvalue weighted by Crippen LogP contribution is 2.17. The number of benzene rings is 2. The largest absolute Gasteiger partial charge is 0.497 e. The molecule has 0 fully saturated rings. The Hall–Kier alpha value is -4.47. The van der Waals surface area contributed by atoms with Gasteiger partial charge in [0.25, 0.3) is 11.5 Å². The average Bonchev–Trinajstić information content (AvgIpc) is 2.81. The lowest BCUT2D eigenvalue weighted by Gasteiger charge is -2.11. The van der Waals surface area contributed by atoms with E-state index in [4.69, 9.17) is 9.47 Å². The molecule has 0 radical (unpaired) electrons. The number of carbonyl (C=O) groups excluding carboxylic acids is 3. The van der Waals surface area contributed by atoms with Crippen LogP contribution in [0.1, 0.15) is 27.8 Å². The number of hydrogen-bond acceptors (Lipinski definition) is 7. The van der Waals surface area contributed by atoms with Crippen LogP contribution in [0.3, 0.4) is 0 Å². The Morgan fingerprint density at radius 1 is 0.970 bits per heavy atom. The van der Waals surface area contributed by atoms with Gasteiger partial charge in [-0.3, -0.25) is 14.4 Å². The van der Waals surface area contributed by atoms with E-state index >= 15 is 0 Å². The molecule has 1 heterocycles. The van der Waals surface area contributed by atoms with Gasteiger partial charge in [0.05, 0.1) is 25.0 Å². The van der Waals surface area contributed by atoms with Crippen molar-refractivity contribution < 1.29 is 23.9 Å². The van der Waals surface area contributed by atoms with Crippen molar-refractivity contribution >= 4 is 29.2 Å². The number of nitrogens with one attached hydrogen (secondary N) is 2. The van der Waals surface area contributed by atoms with Crippen molar-refractivity contribution in [2.45, 2.75) is 13.5 Å².